The highest BCUT2D eigenvalue weighted by atomic mass is 16.6. The quantitative estimate of drug-likeness (QED) is 0.671. The number of carbonyl (C=O) groups is 1. The summed E-state index contributed by atoms with van der Waals surface area (Å²) in [6, 6.07) is 0. The zero-order valence-electron chi connectivity index (χ0n) is 9.30. The van der Waals surface area contributed by atoms with Crippen molar-refractivity contribution in [3.05, 3.63) is 0 Å². The smallest absolute Gasteiger partial charge is 0.337 e. The summed E-state index contributed by atoms with van der Waals surface area (Å²) in [5.41, 5.74) is 0. The van der Waals surface area contributed by atoms with E-state index in [1.54, 1.807) is 0 Å². The minimum atomic E-state index is -0.720. The van der Waals surface area contributed by atoms with Crippen molar-refractivity contribution < 1.29 is 24.1 Å². The first-order chi connectivity index (χ1) is 7.19. The maximum atomic E-state index is 11.4. The van der Waals surface area contributed by atoms with Crippen LogP contribution in [0.25, 0.3) is 0 Å². The molecule has 1 aliphatic heterocycles. The second-order valence-electron chi connectivity index (χ2n) is 3.57. The predicted molar refractivity (Wildman–Crippen MR) is 52.3 cm³/mol. The van der Waals surface area contributed by atoms with Gasteiger partial charge in [-0.3, -0.25) is 0 Å². The number of hydrogen-bond acceptors (Lipinski definition) is 5. The standard InChI is InChI=1S/C10H18O5/c1-4-7-6(5-11)8(13-2)9(15-7)10(12)14-3/h6-9,11H,4-5H2,1-3H3/t6-,7?,8+,9-/m1/s1. The van der Waals surface area contributed by atoms with E-state index in [4.69, 9.17) is 9.47 Å². The summed E-state index contributed by atoms with van der Waals surface area (Å²) in [4.78, 5) is 11.4. The lowest BCUT2D eigenvalue weighted by atomic mass is 9.95. The largest absolute Gasteiger partial charge is 0.467 e. The van der Waals surface area contributed by atoms with Gasteiger partial charge in [-0.05, 0) is 6.42 Å². The van der Waals surface area contributed by atoms with Crippen molar-refractivity contribution in [3.8, 4) is 0 Å². The first kappa shape index (κ1) is 12.4. The van der Waals surface area contributed by atoms with E-state index in [0.29, 0.717) is 0 Å². The molecule has 88 valence electrons. The molecule has 1 heterocycles. The molecule has 0 amide bonds. The Balaban J connectivity index is 2.78. The summed E-state index contributed by atoms with van der Waals surface area (Å²) in [6.07, 6.45) is -0.558. The molecule has 1 aliphatic rings. The Labute approximate surface area is 89.3 Å². The van der Waals surface area contributed by atoms with Gasteiger partial charge in [-0.25, -0.2) is 4.79 Å². The maximum Gasteiger partial charge on any atom is 0.337 e. The van der Waals surface area contributed by atoms with Gasteiger partial charge in [-0.1, -0.05) is 6.92 Å². The van der Waals surface area contributed by atoms with Crippen molar-refractivity contribution in [3.63, 3.8) is 0 Å². The number of hydrogen-bond donors (Lipinski definition) is 1. The van der Waals surface area contributed by atoms with Crippen LogP contribution in [0.2, 0.25) is 0 Å². The van der Waals surface area contributed by atoms with E-state index in [0.717, 1.165) is 6.42 Å². The molecule has 0 spiro atoms. The van der Waals surface area contributed by atoms with Gasteiger partial charge in [0.1, 0.15) is 6.10 Å². The van der Waals surface area contributed by atoms with Gasteiger partial charge < -0.3 is 19.3 Å². The monoisotopic (exact) mass is 218 g/mol. The van der Waals surface area contributed by atoms with Crippen molar-refractivity contribution in [2.24, 2.45) is 5.92 Å². The van der Waals surface area contributed by atoms with Crippen LogP contribution in [-0.4, -0.2) is 50.2 Å². The molecule has 0 aromatic rings. The topological polar surface area (TPSA) is 65.0 Å². The molecule has 1 rings (SSSR count). The average molecular weight is 218 g/mol. The highest BCUT2D eigenvalue weighted by Crippen LogP contribution is 2.31. The SMILES string of the molecule is CCC1O[C@@H](C(=O)OC)[C@@H](OC)[C@@H]1CO. The van der Waals surface area contributed by atoms with Crippen molar-refractivity contribution in [2.75, 3.05) is 20.8 Å². The van der Waals surface area contributed by atoms with Crippen LogP contribution in [0.4, 0.5) is 0 Å². The van der Waals surface area contributed by atoms with Crippen LogP contribution in [0.3, 0.4) is 0 Å². The normalized spacial score (nSPS) is 35.5. The van der Waals surface area contributed by atoms with Crippen LogP contribution in [0, 0.1) is 5.92 Å². The molecule has 0 bridgehead atoms. The molecule has 0 saturated carbocycles. The van der Waals surface area contributed by atoms with Gasteiger partial charge in [0.15, 0.2) is 6.10 Å². The predicted octanol–water partition coefficient (Wildman–Crippen LogP) is -0.0397. The number of aliphatic hydroxyl groups excluding tert-OH is 1. The zero-order valence-corrected chi connectivity index (χ0v) is 9.30. The van der Waals surface area contributed by atoms with Gasteiger partial charge in [0.2, 0.25) is 0 Å². The number of carbonyl (C=O) groups excluding carboxylic acids is 1. The van der Waals surface area contributed by atoms with E-state index in [1.165, 1.54) is 14.2 Å². The first-order valence-electron chi connectivity index (χ1n) is 5.06. The summed E-state index contributed by atoms with van der Waals surface area (Å²) in [7, 11) is 2.82. The number of ether oxygens (including phenoxy) is 3. The Morgan fingerprint density at radius 2 is 2.13 bits per heavy atom. The number of methoxy groups -OCH3 is 2. The van der Waals surface area contributed by atoms with Crippen LogP contribution in [0.15, 0.2) is 0 Å². The van der Waals surface area contributed by atoms with Gasteiger partial charge in [0.25, 0.3) is 0 Å². The second-order valence-corrected chi connectivity index (χ2v) is 3.57. The molecular formula is C10H18O5. The third-order valence-electron chi connectivity index (χ3n) is 2.84. The highest BCUT2D eigenvalue weighted by molar-refractivity contribution is 5.75. The fraction of sp³-hybridized carbons (Fsp3) is 0.900. The summed E-state index contributed by atoms with van der Waals surface area (Å²) < 4.78 is 15.3. The lowest BCUT2D eigenvalue weighted by molar-refractivity contribution is -0.158. The molecule has 1 fully saturated rings. The molecule has 1 saturated heterocycles. The molecule has 0 aromatic heterocycles. The van der Waals surface area contributed by atoms with Crippen LogP contribution < -0.4 is 0 Å². The zero-order chi connectivity index (χ0) is 11.4. The summed E-state index contributed by atoms with van der Waals surface area (Å²) in [5, 5.41) is 9.23. The first-order valence-corrected chi connectivity index (χ1v) is 5.06. The van der Waals surface area contributed by atoms with Crippen molar-refractivity contribution in [1.29, 1.82) is 0 Å². The molecule has 0 aliphatic carbocycles. The van der Waals surface area contributed by atoms with Crippen molar-refractivity contribution in [2.45, 2.75) is 31.7 Å². The van der Waals surface area contributed by atoms with E-state index in [1.807, 2.05) is 6.92 Å². The molecule has 0 aromatic carbocycles. The Bertz CT molecular complexity index is 218. The maximum absolute atomic E-state index is 11.4. The molecule has 1 N–H and O–H groups in total. The minimum Gasteiger partial charge on any atom is -0.467 e. The number of esters is 1. The fourth-order valence-electron chi connectivity index (χ4n) is 2.03. The van der Waals surface area contributed by atoms with E-state index in [9.17, 15) is 9.90 Å². The molecule has 15 heavy (non-hydrogen) atoms. The molecule has 5 heteroatoms. The lowest BCUT2D eigenvalue weighted by Crippen LogP contribution is -2.37. The van der Waals surface area contributed by atoms with Crippen molar-refractivity contribution >= 4 is 5.97 Å². The van der Waals surface area contributed by atoms with Gasteiger partial charge in [-0.15, -0.1) is 0 Å². The molecule has 5 nitrogen and oxygen atoms in total. The van der Waals surface area contributed by atoms with Gasteiger partial charge in [-0.2, -0.15) is 0 Å². The lowest BCUT2D eigenvalue weighted by Gasteiger charge is -2.19. The van der Waals surface area contributed by atoms with E-state index >= 15 is 0 Å². The number of rotatable bonds is 4. The van der Waals surface area contributed by atoms with Crippen LogP contribution >= 0.6 is 0 Å². The molecular weight excluding hydrogens is 200 g/mol. The van der Waals surface area contributed by atoms with E-state index in [2.05, 4.69) is 4.74 Å². The minimum absolute atomic E-state index is 0.0511. The summed E-state index contributed by atoms with van der Waals surface area (Å²) >= 11 is 0. The molecule has 4 atom stereocenters. The van der Waals surface area contributed by atoms with Crippen molar-refractivity contribution in [1.82, 2.24) is 0 Å². The second kappa shape index (κ2) is 5.44. The Kier molecular flexibility index (Phi) is 4.50. The van der Waals surface area contributed by atoms with Gasteiger partial charge in [0.05, 0.1) is 19.8 Å². The number of aliphatic hydroxyl groups is 1. The molecule has 1 unspecified atom stereocenters. The third-order valence-corrected chi connectivity index (χ3v) is 2.84. The Hall–Kier alpha value is -0.650. The van der Waals surface area contributed by atoms with Crippen LogP contribution in [0.1, 0.15) is 13.3 Å². The van der Waals surface area contributed by atoms with E-state index in [-0.39, 0.29) is 18.6 Å². The summed E-state index contributed by atoms with van der Waals surface area (Å²) in [6.45, 7) is 1.89. The van der Waals surface area contributed by atoms with Crippen LogP contribution in [0.5, 0.6) is 0 Å². The van der Waals surface area contributed by atoms with Gasteiger partial charge >= 0.3 is 5.97 Å². The highest BCUT2D eigenvalue weighted by Gasteiger charge is 2.47. The molecule has 0 radical (unpaired) electrons. The Morgan fingerprint density at radius 1 is 1.47 bits per heavy atom. The summed E-state index contributed by atoms with van der Waals surface area (Å²) in [5.74, 6) is -0.611. The third kappa shape index (κ3) is 2.30. The average Bonchev–Trinajstić information content (AvgIpc) is 2.65. The Morgan fingerprint density at radius 3 is 2.53 bits per heavy atom. The van der Waals surface area contributed by atoms with E-state index < -0.39 is 18.2 Å². The fourth-order valence-corrected chi connectivity index (χ4v) is 2.03. The van der Waals surface area contributed by atoms with Gasteiger partial charge in [0, 0.05) is 13.0 Å². The van der Waals surface area contributed by atoms with Crippen LogP contribution in [-0.2, 0) is 19.0 Å².